The van der Waals surface area contributed by atoms with Crippen molar-refractivity contribution in [2.75, 3.05) is 13.1 Å². The molecule has 0 aromatic heterocycles. The molecule has 2 atom stereocenters. The van der Waals surface area contributed by atoms with Gasteiger partial charge in [-0.05, 0) is 69.1 Å². The molecular formula is C30H49ClN2O2. The van der Waals surface area contributed by atoms with Crippen LogP contribution in [0.3, 0.4) is 0 Å². The Morgan fingerprint density at radius 1 is 1.20 bits per heavy atom. The summed E-state index contributed by atoms with van der Waals surface area (Å²) in [5.74, 6) is 0. The number of carbonyl (C=O) groups excluding carboxylic acids is 1. The Kier molecular flexibility index (Phi) is 11.6. The summed E-state index contributed by atoms with van der Waals surface area (Å²) in [6.07, 6.45) is 10.1. The fourth-order valence-electron chi connectivity index (χ4n) is 4.98. The quantitative estimate of drug-likeness (QED) is 0.291. The molecule has 0 bridgehead atoms. The van der Waals surface area contributed by atoms with Crippen LogP contribution in [0, 0.1) is 0 Å². The summed E-state index contributed by atoms with van der Waals surface area (Å²) in [6, 6.07) is 8.78. The highest BCUT2D eigenvalue weighted by atomic mass is 35.5. The zero-order valence-corrected chi connectivity index (χ0v) is 24.0. The molecule has 35 heavy (non-hydrogen) atoms. The highest BCUT2D eigenvalue weighted by molar-refractivity contribution is 6.30. The molecule has 1 aromatic rings. The first-order valence-electron chi connectivity index (χ1n) is 13.7. The van der Waals surface area contributed by atoms with Crippen molar-refractivity contribution in [3.05, 3.63) is 46.5 Å². The lowest BCUT2D eigenvalue weighted by molar-refractivity contribution is -0.0487. The molecule has 1 heterocycles. The number of benzene rings is 1. The minimum Gasteiger partial charge on any atom is -0.443 e. The van der Waals surface area contributed by atoms with Gasteiger partial charge in [-0.15, -0.1) is 0 Å². The first-order chi connectivity index (χ1) is 16.5. The smallest absolute Gasteiger partial charge is 0.407 e. The summed E-state index contributed by atoms with van der Waals surface area (Å²) < 4.78 is 6.16. The second-order valence-electron chi connectivity index (χ2n) is 11.2. The van der Waals surface area contributed by atoms with Gasteiger partial charge in [-0.2, -0.15) is 0 Å². The second kappa shape index (κ2) is 13.7. The lowest BCUT2D eigenvalue weighted by Gasteiger charge is -2.45. The number of allylic oxidation sites excluding steroid dienone is 1. The van der Waals surface area contributed by atoms with E-state index in [0.717, 1.165) is 69.5 Å². The minimum absolute atomic E-state index is 0.0171. The first-order valence-corrected chi connectivity index (χ1v) is 14.1. The molecular weight excluding hydrogens is 456 g/mol. The lowest BCUT2D eigenvalue weighted by Crippen LogP contribution is -2.52. The van der Waals surface area contributed by atoms with Gasteiger partial charge >= 0.3 is 6.09 Å². The van der Waals surface area contributed by atoms with Crippen molar-refractivity contribution in [2.24, 2.45) is 0 Å². The van der Waals surface area contributed by atoms with Crippen molar-refractivity contribution in [2.45, 2.75) is 123 Å². The molecule has 0 saturated carbocycles. The molecule has 1 saturated heterocycles. The largest absolute Gasteiger partial charge is 0.443 e. The monoisotopic (exact) mass is 504 g/mol. The van der Waals surface area contributed by atoms with E-state index in [0.29, 0.717) is 6.04 Å². The van der Waals surface area contributed by atoms with Crippen LogP contribution in [-0.2, 0) is 10.2 Å². The maximum absolute atomic E-state index is 12.7. The lowest BCUT2D eigenvalue weighted by atomic mass is 9.77. The summed E-state index contributed by atoms with van der Waals surface area (Å²) in [4.78, 5) is 15.3. The van der Waals surface area contributed by atoms with E-state index in [1.54, 1.807) is 0 Å². The van der Waals surface area contributed by atoms with Crippen LogP contribution >= 0.6 is 11.6 Å². The predicted octanol–water partition coefficient (Wildman–Crippen LogP) is 8.28. The number of carbonyl (C=O) groups is 1. The number of nitrogens with one attached hydrogen (secondary N) is 1. The Morgan fingerprint density at radius 2 is 1.83 bits per heavy atom. The molecule has 4 nitrogen and oxygen atoms in total. The van der Waals surface area contributed by atoms with Gasteiger partial charge in [-0.1, -0.05) is 76.4 Å². The van der Waals surface area contributed by atoms with E-state index in [4.69, 9.17) is 16.3 Å². The molecule has 2 rings (SSSR count). The van der Waals surface area contributed by atoms with E-state index in [9.17, 15) is 4.79 Å². The highest BCUT2D eigenvalue weighted by Gasteiger charge is 2.40. The SMILES string of the molecule is CCCCC1(OC(=O)NC(C)CC)CCN(C(/C=C(/C)CC)CC(C)(C)c2ccc(Cl)cc2)CC1. The molecule has 2 unspecified atom stereocenters. The molecule has 1 fully saturated rings. The van der Waals surface area contributed by atoms with Crippen molar-refractivity contribution in [1.29, 1.82) is 0 Å². The van der Waals surface area contributed by atoms with Crippen LogP contribution in [0.15, 0.2) is 35.9 Å². The molecule has 1 N–H and O–H groups in total. The Morgan fingerprint density at radius 3 is 2.37 bits per heavy atom. The van der Waals surface area contributed by atoms with Crippen LogP contribution in [0.4, 0.5) is 4.79 Å². The van der Waals surface area contributed by atoms with Crippen molar-refractivity contribution >= 4 is 17.7 Å². The number of piperidine rings is 1. The third kappa shape index (κ3) is 9.13. The Labute approximate surface area is 219 Å². The molecule has 5 heteroatoms. The minimum atomic E-state index is -0.357. The van der Waals surface area contributed by atoms with Gasteiger partial charge in [-0.25, -0.2) is 4.79 Å². The molecule has 0 spiro atoms. The summed E-state index contributed by atoms with van der Waals surface area (Å²) >= 11 is 6.15. The predicted molar refractivity (Wildman–Crippen MR) is 149 cm³/mol. The number of likely N-dealkylation sites (tertiary alicyclic amines) is 1. The highest BCUT2D eigenvalue weighted by Crippen LogP contribution is 2.36. The molecule has 1 aliphatic heterocycles. The van der Waals surface area contributed by atoms with E-state index >= 15 is 0 Å². The van der Waals surface area contributed by atoms with Gasteiger partial charge in [0.05, 0.1) is 0 Å². The number of amides is 1. The topological polar surface area (TPSA) is 41.6 Å². The maximum atomic E-state index is 12.7. The summed E-state index contributed by atoms with van der Waals surface area (Å²) in [5, 5.41) is 3.78. The van der Waals surface area contributed by atoms with Crippen molar-refractivity contribution in [3.63, 3.8) is 0 Å². The summed E-state index contributed by atoms with van der Waals surface area (Å²) in [7, 11) is 0. The van der Waals surface area contributed by atoms with Gasteiger partial charge in [0.1, 0.15) is 5.60 Å². The Bertz CT molecular complexity index is 810. The number of rotatable bonds is 12. The summed E-state index contributed by atoms with van der Waals surface area (Å²) in [6.45, 7) is 17.3. The normalized spacial score (nSPS) is 18.7. The first kappa shape index (κ1) is 29.7. The molecule has 1 aliphatic rings. The van der Waals surface area contributed by atoms with Crippen LogP contribution in [0.2, 0.25) is 5.02 Å². The fraction of sp³-hybridized carbons (Fsp3) is 0.700. The standard InChI is InChI=1S/C30H49ClN2O2/c1-8-11-16-30(35-28(34)32-24(5)10-3)17-19-33(20-18-30)27(21-23(4)9-2)22-29(6,7)25-12-14-26(31)15-13-25/h12-15,21,24,27H,8-11,16-20,22H2,1-7H3,(H,32,34)/b23-21-. The Hall–Kier alpha value is -1.52. The van der Waals surface area contributed by atoms with Gasteiger partial charge in [0.25, 0.3) is 0 Å². The van der Waals surface area contributed by atoms with Crippen molar-refractivity contribution in [3.8, 4) is 0 Å². The number of hydrogen-bond donors (Lipinski definition) is 1. The fourth-order valence-corrected chi connectivity index (χ4v) is 5.10. The van der Waals surface area contributed by atoms with Gasteiger partial charge in [0.2, 0.25) is 0 Å². The molecule has 0 radical (unpaired) electrons. The maximum Gasteiger partial charge on any atom is 0.407 e. The number of hydrogen-bond acceptors (Lipinski definition) is 3. The second-order valence-corrected chi connectivity index (χ2v) is 11.6. The zero-order valence-electron chi connectivity index (χ0n) is 23.3. The zero-order chi connectivity index (χ0) is 26.1. The van der Waals surface area contributed by atoms with Crippen LogP contribution < -0.4 is 5.32 Å². The van der Waals surface area contributed by atoms with Crippen LogP contribution in [0.25, 0.3) is 0 Å². The van der Waals surface area contributed by atoms with Crippen LogP contribution in [0.1, 0.15) is 105 Å². The van der Waals surface area contributed by atoms with E-state index in [2.05, 4.69) is 70.0 Å². The molecule has 0 aliphatic carbocycles. The number of unbranched alkanes of at least 4 members (excludes halogenated alkanes) is 1. The van der Waals surface area contributed by atoms with Crippen LogP contribution in [-0.4, -0.2) is 41.8 Å². The Balaban J connectivity index is 2.18. The van der Waals surface area contributed by atoms with E-state index in [1.165, 1.54) is 11.1 Å². The number of ether oxygens (including phenoxy) is 1. The van der Waals surface area contributed by atoms with Gasteiger partial charge in [-0.3, -0.25) is 4.90 Å². The van der Waals surface area contributed by atoms with E-state index in [-0.39, 0.29) is 23.2 Å². The third-order valence-corrected chi connectivity index (χ3v) is 8.08. The average molecular weight is 505 g/mol. The van der Waals surface area contributed by atoms with Gasteiger partial charge < -0.3 is 10.1 Å². The summed E-state index contributed by atoms with van der Waals surface area (Å²) in [5.41, 5.74) is 2.40. The van der Waals surface area contributed by atoms with E-state index < -0.39 is 0 Å². The molecule has 198 valence electrons. The van der Waals surface area contributed by atoms with Crippen molar-refractivity contribution < 1.29 is 9.53 Å². The number of alkyl carbamates (subject to hydrolysis) is 1. The van der Waals surface area contributed by atoms with Gasteiger partial charge in [0.15, 0.2) is 0 Å². The van der Waals surface area contributed by atoms with Crippen LogP contribution in [0.5, 0.6) is 0 Å². The molecule has 1 aromatic carbocycles. The van der Waals surface area contributed by atoms with E-state index in [1.807, 2.05) is 19.1 Å². The average Bonchev–Trinajstić information content (AvgIpc) is 2.82. The number of halogens is 1. The van der Waals surface area contributed by atoms with Gasteiger partial charge in [0, 0.05) is 43.0 Å². The third-order valence-electron chi connectivity index (χ3n) is 7.83. The molecule has 1 amide bonds. The number of nitrogens with zero attached hydrogens (tertiary/aromatic N) is 1. The van der Waals surface area contributed by atoms with Crippen molar-refractivity contribution in [1.82, 2.24) is 10.2 Å².